The number of urea groups is 1. The largest absolute Gasteiger partial charge is 0.328 e. The van der Waals surface area contributed by atoms with Crippen LogP contribution < -0.4 is 0 Å². The van der Waals surface area contributed by atoms with E-state index in [1.807, 2.05) is 42.3 Å². The normalized spacial score (nSPS) is 22.8. The number of ketones is 1. The molecule has 1 fully saturated rings. The maximum absolute atomic E-state index is 13.5. The molecule has 2 aromatic carbocycles. The van der Waals surface area contributed by atoms with E-state index >= 15 is 0 Å². The van der Waals surface area contributed by atoms with Gasteiger partial charge in [-0.2, -0.15) is 0 Å². The van der Waals surface area contributed by atoms with E-state index in [9.17, 15) is 14.4 Å². The number of aliphatic imine (C=N–C) groups is 1. The molecule has 0 spiro atoms. The van der Waals surface area contributed by atoms with Gasteiger partial charge in [0.1, 0.15) is 0 Å². The van der Waals surface area contributed by atoms with Crippen LogP contribution in [0.1, 0.15) is 35.8 Å². The minimum Gasteiger partial charge on any atom is -0.308 e. The number of Topliss-reactive ketones (excluding diaryl/α,β-unsaturated/α-hetero) is 1. The number of amides is 3. The Balaban J connectivity index is 1.43. The third-order valence-corrected chi connectivity index (χ3v) is 6.50. The minimum absolute atomic E-state index is 0.00164. The van der Waals surface area contributed by atoms with Crippen molar-refractivity contribution in [1.29, 1.82) is 0 Å². The van der Waals surface area contributed by atoms with Crippen molar-refractivity contribution < 1.29 is 14.4 Å². The van der Waals surface area contributed by atoms with Crippen LogP contribution in [0.4, 0.5) is 4.79 Å². The summed E-state index contributed by atoms with van der Waals surface area (Å²) in [5.41, 5.74) is 2.55. The number of rotatable bonds is 5. The predicted octanol–water partition coefficient (Wildman–Crippen LogP) is 3.07. The SMILES string of the molecule is CC1=CN2C(=NC3C2C(=O)N(CC(=O)c2ccccc2)C(=O)N3C)N1C(C)c1ccccc1. The van der Waals surface area contributed by atoms with Crippen molar-refractivity contribution in [2.45, 2.75) is 32.1 Å². The third-order valence-electron chi connectivity index (χ3n) is 6.50. The molecule has 3 amide bonds. The van der Waals surface area contributed by atoms with Crippen LogP contribution in [0, 0.1) is 0 Å². The third kappa shape index (κ3) is 3.29. The number of nitrogens with zero attached hydrogens (tertiary/aromatic N) is 5. The van der Waals surface area contributed by atoms with E-state index in [1.165, 1.54) is 4.90 Å². The lowest BCUT2D eigenvalue weighted by Crippen LogP contribution is -2.64. The number of benzene rings is 2. The number of hydrogen-bond donors (Lipinski definition) is 0. The zero-order chi connectivity index (χ0) is 23.3. The summed E-state index contributed by atoms with van der Waals surface area (Å²) in [6, 6.07) is 17.5. The van der Waals surface area contributed by atoms with Crippen LogP contribution in [0.2, 0.25) is 0 Å². The summed E-state index contributed by atoms with van der Waals surface area (Å²) in [6.45, 7) is 3.77. The van der Waals surface area contributed by atoms with E-state index in [0.717, 1.165) is 16.2 Å². The number of carbonyl (C=O) groups excluding carboxylic acids is 3. The molecular formula is C25H25N5O3. The highest BCUT2D eigenvalue weighted by Gasteiger charge is 2.55. The van der Waals surface area contributed by atoms with Gasteiger partial charge in [-0.1, -0.05) is 60.7 Å². The lowest BCUT2D eigenvalue weighted by Gasteiger charge is -2.39. The zero-order valence-corrected chi connectivity index (χ0v) is 18.8. The van der Waals surface area contributed by atoms with Crippen molar-refractivity contribution in [3.8, 4) is 0 Å². The van der Waals surface area contributed by atoms with Gasteiger partial charge in [0.05, 0.1) is 12.6 Å². The number of hydrogen-bond acceptors (Lipinski definition) is 6. The Hall–Kier alpha value is -3.94. The van der Waals surface area contributed by atoms with Crippen LogP contribution in [0.25, 0.3) is 0 Å². The molecule has 1 saturated heterocycles. The van der Waals surface area contributed by atoms with Gasteiger partial charge in [0, 0.05) is 24.5 Å². The summed E-state index contributed by atoms with van der Waals surface area (Å²) in [6.07, 6.45) is 1.26. The number of likely N-dealkylation sites (N-methyl/N-ethyl adjacent to an activating group) is 1. The number of carbonyl (C=O) groups is 3. The molecular weight excluding hydrogens is 418 g/mol. The summed E-state index contributed by atoms with van der Waals surface area (Å²) >= 11 is 0. The molecule has 3 unspecified atom stereocenters. The van der Waals surface area contributed by atoms with E-state index in [0.29, 0.717) is 11.5 Å². The molecule has 8 nitrogen and oxygen atoms in total. The first-order valence-electron chi connectivity index (χ1n) is 10.9. The van der Waals surface area contributed by atoms with E-state index in [-0.39, 0.29) is 18.4 Å². The molecule has 0 N–H and O–H groups in total. The van der Waals surface area contributed by atoms with E-state index < -0.39 is 24.1 Å². The topological polar surface area (TPSA) is 76.5 Å². The smallest absolute Gasteiger partial charge is 0.308 e. The van der Waals surface area contributed by atoms with Crippen LogP contribution in [-0.2, 0) is 4.79 Å². The fourth-order valence-corrected chi connectivity index (χ4v) is 4.74. The van der Waals surface area contributed by atoms with Crippen LogP contribution >= 0.6 is 0 Å². The minimum atomic E-state index is -0.700. The zero-order valence-electron chi connectivity index (χ0n) is 18.8. The van der Waals surface area contributed by atoms with Gasteiger partial charge < -0.3 is 14.7 Å². The van der Waals surface area contributed by atoms with Gasteiger partial charge in [-0.3, -0.25) is 14.5 Å². The monoisotopic (exact) mass is 443 g/mol. The highest BCUT2D eigenvalue weighted by molar-refractivity contribution is 6.09. The lowest BCUT2D eigenvalue weighted by molar-refractivity contribution is -0.136. The van der Waals surface area contributed by atoms with Gasteiger partial charge >= 0.3 is 6.03 Å². The molecule has 8 heteroatoms. The summed E-state index contributed by atoms with van der Waals surface area (Å²) in [4.78, 5) is 50.5. The molecule has 0 saturated carbocycles. The molecule has 3 aliphatic rings. The average molecular weight is 444 g/mol. The first-order valence-corrected chi connectivity index (χ1v) is 10.9. The van der Waals surface area contributed by atoms with Crippen LogP contribution in [-0.4, -0.2) is 69.1 Å². The lowest BCUT2D eigenvalue weighted by atomic mass is 10.1. The standard InChI is InChI=1S/C25H25N5O3/c1-16-14-28-21-22(26-24(28)30(16)17(2)18-10-6-4-7-11-18)27(3)25(33)29(23(21)32)15-20(31)19-12-8-5-9-13-19/h4-14,17,21-22H,15H2,1-3H3. The molecule has 168 valence electrons. The molecule has 0 bridgehead atoms. The summed E-state index contributed by atoms with van der Waals surface area (Å²) in [5, 5.41) is 0. The molecule has 0 aliphatic carbocycles. The van der Waals surface area contributed by atoms with E-state index in [1.54, 1.807) is 31.3 Å². The Morgan fingerprint density at radius 2 is 1.67 bits per heavy atom. The second-order valence-electron chi connectivity index (χ2n) is 8.53. The maximum Gasteiger partial charge on any atom is 0.328 e. The number of guanidine groups is 1. The van der Waals surface area contributed by atoms with Crippen molar-refractivity contribution in [3.05, 3.63) is 83.7 Å². The van der Waals surface area contributed by atoms with Crippen molar-refractivity contribution >= 4 is 23.7 Å². The Morgan fingerprint density at radius 3 is 2.33 bits per heavy atom. The van der Waals surface area contributed by atoms with Gasteiger partial charge in [-0.15, -0.1) is 0 Å². The van der Waals surface area contributed by atoms with Crippen molar-refractivity contribution in [2.24, 2.45) is 4.99 Å². The Bertz CT molecular complexity index is 1180. The quantitative estimate of drug-likeness (QED) is 0.664. The molecule has 0 radical (unpaired) electrons. The van der Waals surface area contributed by atoms with Gasteiger partial charge in [0.2, 0.25) is 5.96 Å². The average Bonchev–Trinajstić information content (AvgIpc) is 3.35. The van der Waals surface area contributed by atoms with Gasteiger partial charge in [-0.25, -0.2) is 9.79 Å². The first-order chi connectivity index (χ1) is 15.9. The molecule has 3 aliphatic heterocycles. The van der Waals surface area contributed by atoms with Crippen LogP contribution in [0.3, 0.4) is 0 Å². The number of imide groups is 1. The highest BCUT2D eigenvalue weighted by Crippen LogP contribution is 2.38. The molecule has 5 rings (SSSR count). The van der Waals surface area contributed by atoms with Gasteiger partial charge in [0.25, 0.3) is 5.91 Å². The first kappa shape index (κ1) is 20.9. The highest BCUT2D eigenvalue weighted by atomic mass is 16.2. The molecule has 0 aromatic heterocycles. The van der Waals surface area contributed by atoms with Crippen molar-refractivity contribution in [2.75, 3.05) is 13.6 Å². The Morgan fingerprint density at radius 1 is 1.03 bits per heavy atom. The second kappa shape index (κ2) is 7.88. The van der Waals surface area contributed by atoms with Gasteiger partial charge in [0.15, 0.2) is 18.0 Å². The molecule has 2 aromatic rings. The van der Waals surface area contributed by atoms with Crippen LogP contribution in [0.5, 0.6) is 0 Å². The fraction of sp³-hybridized carbons (Fsp3) is 0.280. The molecule has 33 heavy (non-hydrogen) atoms. The van der Waals surface area contributed by atoms with Crippen molar-refractivity contribution in [1.82, 2.24) is 19.6 Å². The van der Waals surface area contributed by atoms with E-state index in [2.05, 4.69) is 24.0 Å². The van der Waals surface area contributed by atoms with Crippen molar-refractivity contribution in [3.63, 3.8) is 0 Å². The number of allylic oxidation sites excluding steroid dienone is 1. The molecule has 3 atom stereocenters. The van der Waals surface area contributed by atoms with Crippen LogP contribution in [0.15, 0.2) is 77.6 Å². The van der Waals surface area contributed by atoms with Gasteiger partial charge in [-0.05, 0) is 19.4 Å². The summed E-state index contributed by atoms with van der Waals surface area (Å²) in [5.74, 6) is -0.0526. The second-order valence-corrected chi connectivity index (χ2v) is 8.53. The Labute approximate surface area is 192 Å². The maximum atomic E-state index is 13.5. The summed E-state index contributed by atoms with van der Waals surface area (Å²) < 4.78 is 0. The predicted molar refractivity (Wildman–Crippen MR) is 123 cm³/mol. The molecule has 3 heterocycles. The Kier molecular flexibility index (Phi) is 5.00. The number of fused-ring (bicyclic) bond motifs is 3. The fourth-order valence-electron chi connectivity index (χ4n) is 4.74. The summed E-state index contributed by atoms with van der Waals surface area (Å²) in [7, 11) is 1.63. The van der Waals surface area contributed by atoms with E-state index in [4.69, 9.17) is 4.99 Å².